The minimum absolute atomic E-state index is 0.127. The van der Waals surface area contributed by atoms with Gasteiger partial charge < -0.3 is 10.1 Å². The van der Waals surface area contributed by atoms with Gasteiger partial charge in [0.05, 0.1) is 11.3 Å². The Morgan fingerprint density at radius 1 is 0.944 bits per heavy atom. The van der Waals surface area contributed by atoms with Crippen LogP contribution in [0.15, 0.2) is 36.4 Å². The van der Waals surface area contributed by atoms with Crippen molar-refractivity contribution in [1.82, 2.24) is 0 Å². The predicted molar refractivity (Wildman–Crippen MR) is 70.4 cm³/mol. The van der Waals surface area contributed by atoms with E-state index in [9.17, 15) is 4.79 Å². The molecule has 3 nitrogen and oxygen atoms in total. The Morgan fingerprint density at radius 2 is 1.61 bits per heavy atom. The van der Waals surface area contributed by atoms with E-state index in [1.807, 2.05) is 50.2 Å². The van der Waals surface area contributed by atoms with Crippen molar-refractivity contribution in [2.75, 3.05) is 5.32 Å². The van der Waals surface area contributed by atoms with Crippen LogP contribution in [0.4, 0.5) is 5.69 Å². The number of hydrogen-bond acceptors (Lipinski definition) is 2. The zero-order valence-corrected chi connectivity index (χ0v) is 10.3. The van der Waals surface area contributed by atoms with Gasteiger partial charge in [-0.05, 0) is 43.7 Å². The molecule has 1 amide bonds. The lowest BCUT2D eigenvalue weighted by Crippen LogP contribution is -2.10. The highest BCUT2D eigenvalue weighted by Crippen LogP contribution is 2.36. The van der Waals surface area contributed by atoms with E-state index in [1.165, 1.54) is 0 Å². The summed E-state index contributed by atoms with van der Waals surface area (Å²) in [6.07, 6.45) is 0. The molecule has 1 N–H and O–H groups in total. The van der Waals surface area contributed by atoms with Gasteiger partial charge in [0.2, 0.25) is 0 Å². The first-order valence-electron chi connectivity index (χ1n) is 5.84. The van der Waals surface area contributed by atoms with Gasteiger partial charge in [0.15, 0.2) is 5.75 Å². The Bertz CT molecular complexity index is 647. The summed E-state index contributed by atoms with van der Waals surface area (Å²) in [4.78, 5) is 12.1. The summed E-state index contributed by atoms with van der Waals surface area (Å²) < 4.78 is 5.80. The van der Waals surface area contributed by atoms with Crippen LogP contribution in [-0.2, 0) is 0 Å². The van der Waals surface area contributed by atoms with Gasteiger partial charge >= 0.3 is 0 Å². The summed E-state index contributed by atoms with van der Waals surface area (Å²) in [6.45, 7) is 3.93. The van der Waals surface area contributed by atoms with Crippen LogP contribution in [0.1, 0.15) is 21.5 Å². The molecule has 2 aromatic carbocycles. The fourth-order valence-corrected chi connectivity index (χ4v) is 2.05. The van der Waals surface area contributed by atoms with Gasteiger partial charge in [-0.3, -0.25) is 4.79 Å². The largest absolute Gasteiger partial charge is 0.454 e. The lowest BCUT2D eigenvalue weighted by molar-refractivity contribution is 0.102. The highest BCUT2D eigenvalue weighted by molar-refractivity contribution is 6.08. The zero-order chi connectivity index (χ0) is 12.7. The van der Waals surface area contributed by atoms with Gasteiger partial charge in [0.1, 0.15) is 5.75 Å². The first-order chi connectivity index (χ1) is 8.63. The van der Waals surface area contributed by atoms with Crippen molar-refractivity contribution in [3.05, 3.63) is 53.1 Å². The lowest BCUT2D eigenvalue weighted by Gasteiger charge is -2.08. The average Bonchev–Trinajstić information content (AvgIpc) is 2.46. The van der Waals surface area contributed by atoms with Crippen LogP contribution in [0.5, 0.6) is 11.5 Å². The Balaban J connectivity index is 2.16. The molecule has 0 fully saturated rings. The number of carbonyl (C=O) groups is 1. The third-order valence-corrected chi connectivity index (χ3v) is 2.98. The van der Waals surface area contributed by atoms with Crippen LogP contribution in [0, 0.1) is 13.8 Å². The number of aryl methyl sites for hydroxylation is 2. The monoisotopic (exact) mass is 239 g/mol. The van der Waals surface area contributed by atoms with Gasteiger partial charge in [-0.25, -0.2) is 0 Å². The van der Waals surface area contributed by atoms with E-state index in [4.69, 9.17) is 4.74 Å². The molecule has 0 saturated carbocycles. The number of hydrogen-bond donors (Lipinski definition) is 1. The molecule has 0 radical (unpaired) electrons. The van der Waals surface area contributed by atoms with Gasteiger partial charge in [-0.1, -0.05) is 17.7 Å². The topological polar surface area (TPSA) is 38.3 Å². The third kappa shape index (κ3) is 1.74. The second-order valence-electron chi connectivity index (χ2n) is 4.56. The van der Waals surface area contributed by atoms with E-state index in [1.54, 1.807) is 0 Å². The minimum Gasteiger partial charge on any atom is -0.454 e. The molecule has 3 heteroatoms. The Hall–Kier alpha value is -2.29. The van der Waals surface area contributed by atoms with Gasteiger partial charge in [-0.2, -0.15) is 0 Å². The van der Waals surface area contributed by atoms with Crippen molar-refractivity contribution in [1.29, 1.82) is 0 Å². The van der Waals surface area contributed by atoms with Crippen LogP contribution in [0.25, 0.3) is 0 Å². The fourth-order valence-electron chi connectivity index (χ4n) is 2.05. The van der Waals surface area contributed by atoms with Gasteiger partial charge in [-0.15, -0.1) is 0 Å². The molecule has 0 aromatic heterocycles. The van der Waals surface area contributed by atoms with E-state index >= 15 is 0 Å². The van der Waals surface area contributed by atoms with Crippen molar-refractivity contribution in [2.45, 2.75) is 13.8 Å². The Labute approximate surface area is 105 Å². The van der Waals surface area contributed by atoms with Crippen molar-refractivity contribution in [3.63, 3.8) is 0 Å². The summed E-state index contributed by atoms with van der Waals surface area (Å²) in [5.41, 5.74) is 3.41. The molecule has 0 spiro atoms. The molecule has 1 aliphatic heterocycles. The summed E-state index contributed by atoms with van der Waals surface area (Å²) in [5, 5.41) is 2.88. The molecule has 2 aromatic rings. The highest BCUT2D eigenvalue weighted by Gasteiger charge is 2.20. The van der Waals surface area contributed by atoms with E-state index < -0.39 is 0 Å². The number of rotatable bonds is 0. The minimum atomic E-state index is -0.127. The molecule has 3 rings (SSSR count). The number of nitrogens with one attached hydrogen (secondary N) is 1. The maximum Gasteiger partial charge on any atom is 0.259 e. The first-order valence-corrected chi connectivity index (χ1v) is 5.84. The fraction of sp³-hybridized carbons (Fsp3) is 0.133. The molecular formula is C15H13NO2. The smallest absolute Gasteiger partial charge is 0.259 e. The van der Waals surface area contributed by atoms with Crippen LogP contribution in [0.2, 0.25) is 0 Å². The van der Waals surface area contributed by atoms with E-state index in [0.29, 0.717) is 22.7 Å². The summed E-state index contributed by atoms with van der Waals surface area (Å²) in [7, 11) is 0. The predicted octanol–water partition coefficient (Wildman–Crippen LogP) is 3.66. The first kappa shape index (κ1) is 10.8. The Morgan fingerprint density at radius 3 is 2.39 bits per heavy atom. The van der Waals surface area contributed by atoms with Crippen molar-refractivity contribution < 1.29 is 9.53 Å². The van der Waals surface area contributed by atoms with Crippen LogP contribution < -0.4 is 10.1 Å². The number of carbonyl (C=O) groups excluding carboxylic acids is 1. The molecule has 1 aliphatic rings. The summed E-state index contributed by atoms with van der Waals surface area (Å²) in [5.74, 6) is 1.15. The SMILES string of the molecule is Cc1ccc2c(c1)NC(=O)c1cc(C)ccc1O2. The Kier molecular flexibility index (Phi) is 2.33. The van der Waals surface area contributed by atoms with Crippen LogP contribution in [0.3, 0.4) is 0 Å². The molecule has 18 heavy (non-hydrogen) atoms. The molecule has 0 unspecified atom stereocenters. The second kappa shape index (κ2) is 3.88. The van der Waals surface area contributed by atoms with Gasteiger partial charge in [0.25, 0.3) is 5.91 Å². The zero-order valence-electron chi connectivity index (χ0n) is 10.3. The van der Waals surface area contributed by atoms with Crippen molar-refractivity contribution in [2.24, 2.45) is 0 Å². The number of amides is 1. The second-order valence-corrected chi connectivity index (χ2v) is 4.56. The normalized spacial score (nSPS) is 12.9. The number of fused-ring (bicyclic) bond motifs is 2. The average molecular weight is 239 g/mol. The van der Waals surface area contributed by atoms with Crippen LogP contribution in [-0.4, -0.2) is 5.91 Å². The molecule has 90 valence electrons. The van der Waals surface area contributed by atoms with Gasteiger partial charge in [0, 0.05) is 0 Å². The number of anilines is 1. The van der Waals surface area contributed by atoms with E-state index in [2.05, 4.69) is 5.32 Å². The molecule has 0 aliphatic carbocycles. The van der Waals surface area contributed by atoms with E-state index in [0.717, 1.165) is 11.1 Å². The summed E-state index contributed by atoms with van der Waals surface area (Å²) in [6, 6.07) is 11.4. The third-order valence-electron chi connectivity index (χ3n) is 2.98. The van der Waals surface area contributed by atoms with Crippen molar-refractivity contribution in [3.8, 4) is 11.5 Å². The number of benzene rings is 2. The maximum absolute atomic E-state index is 12.1. The quantitative estimate of drug-likeness (QED) is 0.761. The van der Waals surface area contributed by atoms with E-state index in [-0.39, 0.29) is 5.91 Å². The highest BCUT2D eigenvalue weighted by atomic mass is 16.5. The van der Waals surface area contributed by atoms with Crippen LogP contribution >= 0.6 is 0 Å². The molecule has 0 atom stereocenters. The molecular weight excluding hydrogens is 226 g/mol. The maximum atomic E-state index is 12.1. The van der Waals surface area contributed by atoms with Crippen molar-refractivity contribution >= 4 is 11.6 Å². The standard InChI is InChI=1S/C15H13NO2/c1-9-3-5-13-11(7-9)15(17)16-12-8-10(2)4-6-14(12)18-13/h3-8H,1-2H3,(H,16,17). The lowest BCUT2D eigenvalue weighted by atomic mass is 10.1. The molecule has 0 saturated heterocycles. The number of ether oxygens (including phenoxy) is 1. The molecule has 1 heterocycles. The molecule has 0 bridgehead atoms. The summed E-state index contributed by atoms with van der Waals surface area (Å²) >= 11 is 0.